The van der Waals surface area contributed by atoms with Crippen LogP contribution in [0.25, 0.3) is 10.2 Å². The van der Waals surface area contributed by atoms with E-state index in [4.69, 9.17) is 14.7 Å². The van der Waals surface area contributed by atoms with Crippen LogP contribution in [0.4, 0.5) is 0 Å². The molecule has 3 aromatic rings. The zero-order valence-electron chi connectivity index (χ0n) is 17.3. The molecule has 1 unspecified atom stereocenters. The lowest BCUT2D eigenvalue weighted by Crippen LogP contribution is -2.32. The zero-order chi connectivity index (χ0) is 20.3. The molecule has 5 rings (SSSR count). The van der Waals surface area contributed by atoms with Crippen molar-refractivity contribution < 1.29 is 9.53 Å². The van der Waals surface area contributed by atoms with E-state index in [1.807, 2.05) is 13.8 Å². The second kappa shape index (κ2) is 6.80. The van der Waals surface area contributed by atoms with Gasteiger partial charge < -0.3 is 10.1 Å². The number of fused-ring (bicyclic) bond motifs is 2. The topological polar surface area (TPSA) is 64.1 Å². The lowest BCUT2D eigenvalue weighted by atomic mass is 9.95. The Morgan fingerprint density at radius 3 is 2.69 bits per heavy atom. The predicted molar refractivity (Wildman–Crippen MR) is 115 cm³/mol. The molecule has 29 heavy (non-hydrogen) atoms. The second-order valence-electron chi connectivity index (χ2n) is 8.34. The third-order valence-corrected chi connectivity index (χ3v) is 7.10. The highest BCUT2D eigenvalue weighted by Crippen LogP contribution is 2.41. The highest BCUT2D eigenvalue weighted by molar-refractivity contribution is 7.20. The summed E-state index contributed by atoms with van der Waals surface area (Å²) in [4.78, 5) is 24.4. The summed E-state index contributed by atoms with van der Waals surface area (Å²) in [6, 6.07) is 4.21. The van der Waals surface area contributed by atoms with Crippen LogP contribution in [-0.4, -0.2) is 22.5 Å². The molecule has 1 aromatic carbocycles. The molecule has 0 saturated heterocycles. The van der Waals surface area contributed by atoms with Gasteiger partial charge in [0.05, 0.1) is 23.2 Å². The Morgan fingerprint density at radius 1 is 1.14 bits per heavy atom. The number of hydrogen-bond acceptors (Lipinski definition) is 5. The van der Waals surface area contributed by atoms with Crippen molar-refractivity contribution in [3.63, 3.8) is 0 Å². The van der Waals surface area contributed by atoms with E-state index in [0.29, 0.717) is 12.5 Å². The molecule has 3 heterocycles. The quantitative estimate of drug-likeness (QED) is 0.659. The minimum atomic E-state index is -0.0383. The van der Waals surface area contributed by atoms with Gasteiger partial charge in [-0.2, -0.15) is 0 Å². The highest BCUT2D eigenvalue weighted by atomic mass is 32.1. The van der Waals surface area contributed by atoms with Crippen LogP contribution in [0.2, 0.25) is 0 Å². The van der Waals surface area contributed by atoms with Crippen LogP contribution in [0, 0.1) is 27.7 Å². The van der Waals surface area contributed by atoms with Gasteiger partial charge in [-0.05, 0) is 51.7 Å². The van der Waals surface area contributed by atoms with Gasteiger partial charge in [0, 0.05) is 23.3 Å². The number of carbonyl (C=O) groups is 1. The standard InChI is InChI=1S/C23H25N3O2S/c1-11-9-12(2)19-16(10-11)17(7-8-28-19)25-22(27)20-13(3)18-14(4)24-21(15-5-6-15)26-23(18)29-20/h9-10,15,17H,5-8H2,1-4H3,(H,25,27). The van der Waals surface area contributed by atoms with Crippen LogP contribution >= 0.6 is 11.3 Å². The molecule has 6 heteroatoms. The maximum absolute atomic E-state index is 13.2. The summed E-state index contributed by atoms with van der Waals surface area (Å²) in [7, 11) is 0. The number of carbonyl (C=O) groups excluding carboxylic acids is 1. The lowest BCUT2D eigenvalue weighted by Gasteiger charge is -2.28. The number of ether oxygens (including phenoxy) is 1. The number of thiophene rings is 1. The molecule has 1 fully saturated rings. The van der Waals surface area contributed by atoms with Gasteiger partial charge in [-0.25, -0.2) is 9.97 Å². The fraction of sp³-hybridized carbons (Fsp3) is 0.435. The van der Waals surface area contributed by atoms with Gasteiger partial charge in [0.25, 0.3) is 5.91 Å². The molecule has 1 aliphatic heterocycles. The molecule has 0 bridgehead atoms. The van der Waals surface area contributed by atoms with E-state index in [1.165, 1.54) is 29.7 Å². The Kier molecular flexibility index (Phi) is 4.35. The lowest BCUT2D eigenvalue weighted by molar-refractivity contribution is 0.0928. The summed E-state index contributed by atoms with van der Waals surface area (Å²) in [5.74, 6) is 2.32. The summed E-state index contributed by atoms with van der Waals surface area (Å²) in [6.45, 7) is 8.79. The molecule has 1 saturated carbocycles. The van der Waals surface area contributed by atoms with Gasteiger partial charge in [0.2, 0.25) is 0 Å². The Morgan fingerprint density at radius 2 is 1.93 bits per heavy atom. The molecule has 0 radical (unpaired) electrons. The molecule has 150 valence electrons. The van der Waals surface area contributed by atoms with E-state index in [1.54, 1.807) is 0 Å². The maximum atomic E-state index is 13.2. The summed E-state index contributed by atoms with van der Waals surface area (Å²) >= 11 is 1.49. The van der Waals surface area contributed by atoms with Crippen molar-refractivity contribution >= 4 is 27.5 Å². The number of aromatic nitrogens is 2. The Balaban J connectivity index is 1.49. The van der Waals surface area contributed by atoms with Gasteiger partial charge >= 0.3 is 0 Å². The molecule has 5 nitrogen and oxygen atoms in total. The van der Waals surface area contributed by atoms with E-state index >= 15 is 0 Å². The van der Waals surface area contributed by atoms with E-state index in [0.717, 1.165) is 55.5 Å². The Bertz CT molecular complexity index is 1150. The third kappa shape index (κ3) is 3.19. The van der Waals surface area contributed by atoms with Gasteiger partial charge in [0.1, 0.15) is 16.4 Å². The SMILES string of the molecule is Cc1cc(C)c2c(c1)C(NC(=O)c1sc3nc(C4CC4)nc(C)c3c1C)CCO2. The third-order valence-electron chi connectivity index (χ3n) is 5.92. The number of rotatable bonds is 3. The summed E-state index contributed by atoms with van der Waals surface area (Å²) in [6.07, 6.45) is 3.12. The van der Waals surface area contributed by atoms with Crippen molar-refractivity contribution in [3.8, 4) is 5.75 Å². The predicted octanol–water partition coefficient (Wildman–Crippen LogP) is 5.06. The average Bonchev–Trinajstić information content (AvgIpc) is 3.46. The smallest absolute Gasteiger partial charge is 0.262 e. The van der Waals surface area contributed by atoms with Crippen molar-refractivity contribution in [3.05, 3.63) is 50.8 Å². The number of nitrogens with one attached hydrogen (secondary N) is 1. The first kappa shape index (κ1) is 18.6. The van der Waals surface area contributed by atoms with Gasteiger partial charge in [-0.1, -0.05) is 17.7 Å². The highest BCUT2D eigenvalue weighted by Gasteiger charge is 2.30. The van der Waals surface area contributed by atoms with Crippen LogP contribution in [0.3, 0.4) is 0 Å². The Hall–Kier alpha value is -2.47. The molecule has 2 aliphatic rings. The molecular formula is C23H25N3O2S. The van der Waals surface area contributed by atoms with Crippen molar-refractivity contribution in [2.75, 3.05) is 6.61 Å². The number of nitrogens with zero attached hydrogens (tertiary/aromatic N) is 2. The fourth-order valence-electron chi connectivity index (χ4n) is 4.35. The normalized spacial score (nSPS) is 18.4. The number of hydrogen-bond donors (Lipinski definition) is 1. The van der Waals surface area contributed by atoms with E-state index < -0.39 is 0 Å². The summed E-state index contributed by atoms with van der Waals surface area (Å²) < 4.78 is 5.89. The van der Waals surface area contributed by atoms with Crippen molar-refractivity contribution in [2.45, 2.75) is 58.9 Å². The number of amides is 1. The average molecular weight is 408 g/mol. The Labute approximate surface area is 174 Å². The molecule has 1 aliphatic carbocycles. The van der Waals surface area contributed by atoms with Gasteiger partial charge in [-0.3, -0.25) is 4.79 Å². The summed E-state index contributed by atoms with van der Waals surface area (Å²) in [5, 5.41) is 4.29. The first-order chi connectivity index (χ1) is 13.9. The first-order valence-electron chi connectivity index (χ1n) is 10.2. The zero-order valence-corrected chi connectivity index (χ0v) is 18.1. The minimum Gasteiger partial charge on any atom is -0.493 e. The van der Waals surface area contributed by atoms with Crippen LogP contribution in [0.1, 0.15) is 74.7 Å². The summed E-state index contributed by atoms with van der Waals surface area (Å²) in [5.41, 5.74) is 5.34. The monoisotopic (exact) mass is 407 g/mol. The van der Waals surface area contributed by atoms with Crippen molar-refractivity contribution in [1.82, 2.24) is 15.3 Å². The number of aryl methyl sites for hydroxylation is 4. The number of benzene rings is 1. The van der Waals surface area contributed by atoms with Crippen LogP contribution < -0.4 is 10.1 Å². The largest absolute Gasteiger partial charge is 0.493 e. The molecule has 0 spiro atoms. The van der Waals surface area contributed by atoms with Crippen molar-refractivity contribution in [1.29, 1.82) is 0 Å². The molecule has 2 aromatic heterocycles. The van der Waals surface area contributed by atoms with Gasteiger partial charge in [0.15, 0.2) is 0 Å². The second-order valence-corrected chi connectivity index (χ2v) is 9.34. The fourth-order valence-corrected chi connectivity index (χ4v) is 5.49. The molecule has 1 atom stereocenters. The van der Waals surface area contributed by atoms with E-state index in [-0.39, 0.29) is 11.9 Å². The van der Waals surface area contributed by atoms with Crippen LogP contribution in [0.15, 0.2) is 12.1 Å². The minimum absolute atomic E-state index is 0.0325. The van der Waals surface area contributed by atoms with E-state index in [9.17, 15) is 4.79 Å². The van der Waals surface area contributed by atoms with Crippen molar-refractivity contribution in [2.24, 2.45) is 0 Å². The van der Waals surface area contributed by atoms with Crippen LogP contribution in [-0.2, 0) is 0 Å². The van der Waals surface area contributed by atoms with E-state index in [2.05, 4.69) is 31.3 Å². The first-order valence-corrected chi connectivity index (χ1v) is 11.1. The molecular weight excluding hydrogens is 382 g/mol. The maximum Gasteiger partial charge on any atom is 0.262 e. The molecule has 1 amide bonds. The van der Waals surface area contributed by atoms with Gasteiger partial charge in [-0.15, -0.1) is 11.3 Å². The van der Waals surface area contributed by atoms with Crippen LogP contribution in [0.5, 0.6) is 5.75 Å². The molecule has 1 N–H and O–H groups in total.